The Morgan fingerprint density at radius 3 is 2.52 bits per heavy atom. The monoisotopic (exact) mass is 315 g/mol. The van der Waals surface area contributed by atoms with Gasteiger partial charge in [-0.1, -0.05) is 0 Å². The van der Waals surface area contributed by atoms with Crippen LogP contribution in [0, 0.1) is 17.0 Å². The Hall–Kier alpha value is -1.96. The van der Waals surface area contributed by atoms with Crippen LogP contribution in [0.15, 0.2) is 0 Å². The standard InChI is InChI=1S/C12H18ClN5O3/c1-4-17(5-2)9(19)6-7-14-11-10(18(20)21)8(3)15-12(13)16-11/h4-7H2,1-3H3,(H,14,15,16). The lowest BCUT2D eigenvalue weighted by atomic mass is 10.3. The largest absolute Gasteiger partial charge is 0.364 e. The molecule has 0 radical (unpaired) electrons. The minimum Gasteiger partial charge on any atom is -0.364 e. The molecule has 0 fully saturated rings. The fourth-order valence-corrected chi connectivity index (χ4v) is 2.11. The first-order valence-corrected chi connectivity index (χ1v) is 6.98. The molecule has 1 aromatic heterocycles. The van der Waals surface area contributed by atoms with Gasteiger partial charge in [-0.3, -0.25) is 14.9 Å². The molecule has 0 unspecified atom stereocenters. The number of nitrogens with one attached hydrogen (secondary N) is 1. The van der Waals surface area contributed by atoms with E-state index in [0.29, 0.717) is 13.1 Å². The summed E-state index contributed by atoms with van der Waals surface area (Å²) >= 11 is 5.70. The summed E-state index contributed by atoms with van der Waals surface area (Å²) in [6, 6.07) is 0. The highest BCUT2D eigenvalue weighted by molar-refractivity contribution is 6.28. The van der Waals surface area contributed by atoms with Crippen LogP contribution in [0.25, 0.3) is 0 Å². The lowest BCUT2D eigenvalue weighted by Gasteiger charge is -2.18. The number of nitrogens with zero attached hydrogens (tertiary/aromatic N) is 4. The van der Waals surface area contributed by atoms with Crippen molar-refractivity contribution in [1.82, 2.24) is 14.9 Å². The number of aryl methyl sites for hydroxylation is 1. The summed E-state index contributed by atoms with van der Waals surface area (Å²) in [4.78, 5) is 31.5. The molecule has 0 aromatic carbocycles. The summed E-state index contributed by atoms with van der Waals surface area (Å²) < 4.78 is 0. The SMILES string of the molecule is CCN(CC)C(=O)CCNc1nc(Cl)nc(C)c1[N+](=O)[O-]. The highest BCUT2D eigenvalue weighted by atomic mass is 35.5. The van der Waals surface area contributed by atoms with Crippen molar-refractivity contribution >= 4 is 29.0 Å². The lowest BCUT2D eigenvalue weighted by molar-refractivity contribution is -0.385. The molecule has 1 N–H and O–H groups in total. The van der Waals surface area contributed by atoms with Crippen LogP contribution in [0.4, 0.5) is 11.5 Å². The molecule has 0 aliphatic rings. The van der Waals surface area contributed by atoms with E-state index in [2.05, 4.69) is 15.3 Å². The van der Waals surface area contributed by atoms with Gasteiger partial charge in [-0.2, -0.15) is 4.98 Å². The van der Waals surface area contributed by atoms with Crippen LogP contribution in [0.2, 0.25) is 5.28 Å². The predicted octanol–water partition coefficient (Wildman–Crippen LogP) is 2.02. The van der Waals surface area contributed by atoms with E-state index in [1.165, 1.54) is 6.92 Å². The van der Waals surface area contributed by atoms with E-state index < -0.39 is 4.92 Å². The highest BCUT2D eigenvalue weighted by Crippen LogP contribution is 2.26. The van der Waals surface area contributed by atoms with Gasteiger partial charge in [0.2, 0.25) is 17.0 Å². The van der Waals surface area contributed by atoms with Crippen molar-refractivity contribution in [3.05, 3.63) is 21.1 Å². The van der Waals surface area contributed by atoms with Crippen molar-refractivity contribution in [2.45, 2.75) is 27.2 Å². The second-order valence-electron chi connectivity index (χ2n) is 4.28. The first-order chi connectivity index (χ1) is 9.90. The molecule has 0 saturated carbocycles. The molecule has 1 aromatic rings. The Morgan fingerprint density at radius 2 is 2.00 bits per heavy atom. The molecule has 1 rings (SSSR count). The average Bonchev–Trinajstić information content (AvgIpc) is 2.38. The maximum Gasteiger partial charge on any atom is 0.332 e. The molecule has 0 bridgehead atoms. The van der Waals surface area contributed by atoms with Crippen LogP contribution in [0.1, 0.15) is 26.0 Å². The van der Waals surface area contributed by atoms with E-state index in [9.17, 15) is 14.9 Å². The van der Waals surface area contributed by atoms with Gasteiger partial charge >= 0.3 is 5.69 Å². The lowest BCUT2D eigenvalue weighted by Crippen LogP contribution is -2.31. The van der Waals surface area contributed by atoms with Crippen molar-refractivity contribution in [2.75, 3.05) is 25.0 Å². The second kappa shape index (κ2) is 7.72. The zero-order valence-electron chi connectivity index (χ0n) is 12.2. The van der Waals surface area contributed by atoms with Gasteiger partial charge < -0.3 is 10.2 Å². The first kappa shape index (κ1) is 17.1. The average molecular weight is 316 g/mol. The molecule has 8 nitrogen and oxygen atoms in total. The smallest absolute Gasteiger partial charge is 0.332 e. The topological polar surface area (TPSA) is 101 Å². The minimum absolute atomic E-state index is 0.0213. The van der Waals surface area contributed by atoms with E-state index >= 15 is 0 Å². The number of anilines is 1. The van der Waals surface area contributed by atoms with Crippen molar-refractivity contribution in [1.29, 1.82) is 0 Å². The van der Waals surface area contributed by atoms with Gasteiger partial charge in [0, 0.05) is 26.1 Å². The van der Waals surface area contributed by atoms with Crippen LogP contribution < -0.4 is 5.32 Å². The number of carbonyl (C=O) groups excluding carboxylic acids is 1. The van der Waals surface area contributed by atoms with E-state index in [4.69, 9.17) is 11.6 Å². The van der Waals surface area contributed by atoms with E-state index in [1.54, 1.807) is 4.90 Å². The number of hydrogen-bond donors (Lipinski definition) is 1. The number of aromatic nitrogens is 2. The number of carbonyl (C=O) groups is 1. The Bertz CT molecular complexity index is 534. The summed E-state index contributed by atoms with van der Waals surface area (Å²) in [5, 5.41) is 13.7. The number of rotatable bonds is 7. The molecule has 9 heteroatoms. The fraction of sp³-hybridized carbons (Fsp3) is 0.583. The van der Waals surface area contributed by atoms with Crippen LogP contribution in [-0.4, -0.2) is 45.3 Å². The zero-order valence-corrected chi connectivity index (χ0v) is 13.0. The fourth-order valence-electron chi connectivity index (χ4n) is 1.90. The van der Waals surface area contributed by atoms with Gasteiger partial charge in [0.15, 0.2) is 0 Å². The van der Waals surface area contributed by atoms with Gasteiger partial charge in [0.25, 0.3) is 0 Å². The normalized spacial score (nSPS) is 10.3. The number of halogens is 1. The maximum atomic E-state index is 11.8. The van der Waals surface area contributed by atoms with Gasteiger partial charge in [0.1, 0.15) is 5.69 Å². The molecular formula is C12H18ClN5O3. The molecule has 0 saturated heterocycles. The maximum absolute atomic E-state index is 11.8. The third kappa shape index (κ3) is 4.52. The van der Waals surface area contributed by atoms with Crippen molar-refractivity contribution in [3.63, 3.8) is 0 Å². The summed E-state index contributed by atoms with van der Waals surface area (Å²) in [6.45, 7) is 6.78. The predicted molar refractivity (Wildman–Crippen MR) is 79.5 cm³/mol. The molecule has 1 amide bonds. The van der Waals surface area contributed by atoms with Crippen LogP contribution >= 0.6 is 11.6 Å². The third-order valence-corrected chi connectivity index (χ3v) is 3.13. The van der Waals surface area contributed by atoms with Gasteiger partial charge in [0.05, 0.1) is 4.92 Å². The molecule has 0 atom stereocenters. The number of hydrogen-bond acceptors (Lipinski definition) is 6. The van der Waals surface area contributed by atoms with E-state index in [0.717, 1.165) is 0 Å². The minimum atomic E-state index is -0.569. The Balaban J connectivity index is 2.76. The molecule has 0 aliphatic carbocycles. The van der Waals surface area contributed by atoms with Gasteiger partial charge in [-0.25, -0.2) is 4.98 Å². The summed E-state index contributed by atoms with van der Waals surface area (Å²) in [5.41, 5.74) is -0.0488. The van der Waals surface area contributed by atoms with Gasteiger partial charge in [-0.15, -0.1) is 0 Å². The van der Waals surface area contributed by atoms with E-state index in [-0.39, 0.29) is 41.4 Å². The molecular weight excluding hydrogens is 298 g/mol. The van der Waals surface area contributed by atoms with E-state index in [1.807, 2.05) is 13.8 Å². The van der Waals surface area contributed by atoms with Crippen LogP contribution in [-0.2, 0) is 4.79 Å². The first-order valence-electron chi connectivity index (χ1n) is 6.60. The zero-order chi connectivity index (χ0) is 16.0. The quantitative estimate of drug-likeness (QED) is 0.469. The number of amides is 1. The Kier molecular flexibility index (Phi) is 6.29. The second-order valence-corrected chi connectivity index (χ2v) is 4.61. The van der Waals surface area contributed by atoms with Gasteiger partial charge in [-0.05, 0) is 32.4 Å². The summed E-state index contributed by atoms with van der Waals surface area (Å²) in [7, 11) is 0. The van der Waals surface area contributed by atoms with Crippen LogP contribution in [0.3, 0.4) is 0 Å². The molecule has 116 valence electrons. The number of nitro groups is 1. The van der Waals surface area contributed by atoms with Crippen molar-refractivity contribution in [3.8, 4) is 0 Å². The van der Waals surface area contributed by atoms with Crippen molar-refractivity contribution in [2.24, 2.45) is 0 Å². The summed E-state index contributed by atoms with van der Waals surface area (Å²) in [5.74, 6) is 0.0110. The highest BCUT2D eigenvalue weighted by Gasteiger charge is 2.21. The molecule has 0 aliphatic heterocycles. The van der Waals surface area contributed by atoms with Crippen molar-refractivity contribution < 1.29 is 9.72 Å². The molecule has 0 spiro atoms. The molecule has 21 heavy (non-hydrogen) atoms. The Labute approximate surface area is 127 Å². The third-order valence-electron chi connectivity index (χ3n) is 2.96. The van der Waals surface area contributed by atoms with Crippen LogP contribution in [0.5, 0.6) is 0 Å². The summed E-state index contributed by atoms with van der Waals surface area (Å²) in [6.07, 6.45) is 0.222. The molecule has 1 heterocycles. The Morgan fingerprint density at radius 1 is 1.38 bits per heavy atom.